The van der Waals surface area contributed by atoms with Crippen LogP contribution in [0.4, 0.5) is 20.3 Å². The van der Waals surface area contributed by atoms with Crippen LogP contribution in [0.1, 0.15) is 41.6 Å². The van der Waals surface area contributed by atoms with Crippen LogP contribution in [0.5, 0.6) is 0 Å². The summed E-state index contributed by atoms with van der Waals surface area (Å²) in [6.45, 7) is 2.37. The third-order valence-corrected chi connectivity index (χ3v) is 7.47. The van der Waals surface area contributed by atoms with E-state index in [4.69, 9.17) is 11.6 Å². The van der Waals surface area contributed by atoms with Gasteiger partial charge in [0.1, 0.15) is 23.0 Å². The van der Waals surface area contributed by atoms with Crippen molar-refractivity contribution in [2.45, 2.75) is 30.6 Å². The second-order valence-corrected chi connectivity index (χ2v) is 10.2. The molecular weight excluding hydrogens is 534 g/mol. The normalized spacial score (nSPS) is 14.1. The lowest BCUT2D eigenvalue weighted by Crippen LogP contribution is -2.38. The Morgan fingerprint density at radius 1 is 1.08 bits per heavy atom. The highest BCUT2D eigenvalue weighted by atomic mass is 35.5. The number of fused-ring (bicyclic) bond motifs is 1. The van der Waals surface area contributed by atoms with Crippen molar-refractivity contribution < 1.29 is 18.4 Å². The van der Waals surface area contributed by atoms with Gasteiger partial charge < -0.3 is 10.2 Å². The Balaban J connectivity index is 1.46. The molecule has 0 bridgehead atoms. The van der Waals surface area contributed by atoms with Gasteiger partial charge in [0.2, 0.25) is 5.91 Å². The molecule has 8 nitrogen and oxygen atoms in total. The average molecular weight is 557 g/mol. The second-order valence-electron chi connectivity index (χ2n) is 8.89. The quantitative estimate of drug-likeness (QED) is 0.302. The lowest BCUT2D eigenvalue weighted by atomic mass is 9.89. The predicted octanol–water partition coefficient (Wildman–Crippen LogP) is 5.57. The highest BCUT2D eigenvalue weighted by Gasteiger charge is 2.28. The Labute approximate surface area is 226 Å². The Morgan fingerprint density at radius 3 is 2.53 bits per heavy atom. The van der Waals surface area contributed by atoms with Crippen LogP contribution in [0.2, 0.25) is 5.02 Å². The highest BCUT2D eigenvalue weighted by molar-refractivity contribution is 7.98. The molecular formula is C26H23ClF2N6O2S. The van der Waals surface area contributed by atoms with Gasteiger partial charge in [0.05, 0.1) is 16.8 Å². The number of carbonyl (C=O) groups excluding carboxylic acids is 2. The van der Waals surface area contributed by atoms with E-state index in [9.17, 15) is 18.4 Å². The number of aromatic nitrogens is 3. The number of likely N-dealkylation sites (tertiary alicyclic amines) is 1. The SMILES string of the molecule is CC(=O)NSc1cnn2c(Nc3cc(Cl)ccc3F)c(C(=O)N3CCC(c4ccc(F)cc4)CC3)cnc12. The van der Waals surface area contributed by atoms with Gasteiger partial charge in [-0.1, -0.05) is 23.7 Å². The Kier molecular flexibility index (Phi) is 7.48. The third kappa shape index (κ3) is 5.44. The van der Waals surface area contributed by atoms with Crippen molar-refractivity contribution in [2.75, 3.05) is 18.4 Å². The number of anilines is 2. The standard InChI is InChI=1S/C26H23ClF2N6O2S/c1-15(36)33-38-23-14-31-35-24(32-22-12-18(27)4-7-21(22)29)20(13-30-25(23)35)26(37)34-10-8-17(9-11-34)16-2-5-19(28)6-3-16/h2-7,12-14,17,32H,8-11H2,1H3,(H,33,36). The molecule has 1 aliphatic heterocycles. The average Bonchev–Trinajstić information content (AvgIpc) is 3.33. The number of hydrogen-bond acceptors (Lipinski definition) is 6. The van der Waals surface area contributed by atoms with Gasteiger partial charge >= 0.3 is 0 Å². The molecule has 1 saturated heterocycles. The summed E-state index contributed by atoms with van der Waals surface area (Å²) in [5, 5.41) is 7.66. The molecule has 3 heterocycles. The minimum Gasteiger partial charge on any atom is -0.338 e. The van der Waals surface area contributed by atoms with Crippen molar-refractivity contribution in [3.8, 4) is 0 Å². The maximum Gasteiger partial charge on any atom is 0.259 e. The van der Waals surface area contributed by atoms with Crippen LogP contribution < -0.4 is 10.0 Å². The zero-order chi connectivity index (χ0) is 26.8. The summed E-state index contributed by atoms with van der Waals surface area (Å²) in [7, 11) is 0. The molecule has 2 aromatic carbocycles. The zero-order valence-electron chi connectivity index (χ0n) is 20.2. The third-order valence-electron chi connectivity index (χ3n) is 6.33. The number of halogens is 3. The van der Waals surface area contributed by atoms with E-state index in [1.165, 1.54) is 54.2 Å². The van der Waals surface area contributed by atoms with Gasteiger partial charge in [-0.15, -0.1) is 0 Å². The molecule has 0 saturated carbocycles. The first-order chi connectivity index (χ1) is 18.3. The highest BCUT2D eigenvalue weighted by Crippen LogP contribution is 2.32. The van der Waals surface area contributed by atoms with Crippen molar-refractivity contribution in [3.05, 3.63) is 82.6 Å². The lowest BCUT2D eigenvalue weighted by Gasteiger charge is -2.32. The Hall–Kier alpha value is -3.70. The fraction of sp³-hybridized carbons (Fsp3) is 0.231. The number of piperidine rings is 1. The summed E-state index contributed by atoms with van der Waals surface area (Å²) in [6.07, 6.45) is 4.37. The first-order valence-electron chi connectivity index (χ1n) is 11.9. The monoisotopic (exact) mass is 556 g/mol. The van der Waals surface area contributed by atoms with E-state index >= 15 is 0 Å². The first-order valence-corrected chi connectivity index (χ1v) is 13.1. The molecule has 2 aromatic heterocycles. The number of benzene rings is 2. The summed E-state index contributed by atoms with van der Waals surface area (Å²) in [4.78, 5) is 31.8. The van der Waals surface area contributed by atoms with Gasteiger partial charge in [-0.05, 0) is 66.6 Å². The van der Waals surface area contributed by atoms with Gasteiger partial charge in [0.15, 0.2) is 5.65 Å². The summed E-state index contributed by atoms with van der Waals surface area (Å²) < 4.78 is 32.0. The van der Waals surface area contributed by atoms with E-state index in [0.29, 0.717) is 28.7 Å². The largest absolute Gasteiger partial charge is 0.338 e. The van der Waals surface area contributed by atoms with E-state index in [-0.39, 0.29) is 40.6 Å². The number of nitrogens with zero attached hydrogens (tertiary/aromatic N) is 4. The topological polar surface area (TPSA) is 91.6 Å². The molecule has 196 valence electrons. The van der Waals surface area contributed by atoms with Gasteiger partial charge in [-0.3, -0.25) is 14.3 Å². The van der Waals surface area contributed by atoms with Gasteiger partial charge in [-0.2, -0.15) is 9.61 Å². The molecule has 38 heavy (non-hydrogen) atoms. The van der Waals surface area contributed by atoms with Gasteiger partial charge in [0.25, 0.3) is 5.91 Å². The maximum atomic E-state index is 14.6. The van der Waals surface area contributed by atoms with E-state index in [0.717, 1.165) is 30.4 Å². The number of carbonyl (C=O) groups is 2. The maximum absolute atomic E-state index is 14.6. The van der Waals surface area contributed by atoms with Crippen LogP contribution in [0.15, 0.2) is 59.8 Å². The summed E-state index contributed by atoms with van der Waals surface area (Å²) in [5.41, 5.74) is 1.69. The van der Waals surface area contributed by atoms with Crippen molar-refractivity contribution in [1.82, 2.24) is 24.2 Å². The van der Waals surface area contributed by atoms with Crippen molar-refractivity contribution in [3.63, 3.8) is 0 Å². The smallest absolute Gasteiger partial charge is 0.259 e. The minimum absolute atomic E-state index is 0.0700. The fourth-order valence-corrected chi connectivity index (χ4v) is 5.18. The van der Waals surface area contributed by atoms with Gasteiger partial charge in [0, 0.05) is 31.2 Å². The fourth-order valence-electron chi connectivity index (χ4n) is 4.43. The number of hydrogen-bond donors (Lipinski definition) is 2. The molecule has 0 spiro atoms. The molecule has 12 heteroatoms. The summed E-state index contributed by atoms with van der Waals surface area (Å²) >= 11 is 7.13. The number of nitrogens with one attached hydrogen (secondary N) is 2. The zero-order valence-corrected chi connectivity index (χ0v) is 21.8. The van der Waals surface area contributed by atoms with E-state index < -0.39 is 5.82 Å². The van der Waals surface area contributed by atoms with Crippen LogP contribution in [0.3, 0.4) is 0 Å². The van der Waals surface area contributed by atoms with E-state index in [2.05, 4.69) is 20.1 Å². The van der Waals surface area contributed by atoms with Crippen LogP contribution in [0, 0.1) is 11.6 Å². The van der Waals surface area contributed by atoms with E-state index in [1.807, 2.05) is 0 Å². The lowest BCUT2D eigenvalue weighted by molar-refractivity contribution is -0.117. The summed E-state index contributed by atoms with van der Waals surface area (Å²) in [6, 6.07) is 10.5. The molecule has 1 fully saturated rings. The Bertz CT molecular complexity index is 1510. The number of rotatable bonds is 6. The van der Waals surface area contributed by atoms with Crippen LogP contribution in [-0.4, -0.2) is 44.4 Å². The summed E-state index contributed by atoms with van der Waals surface area (Å²) in [5.74, 6) is -0.928. The number of amides is 2. The molecule has 0 unspecified atom stereocenters. The minimum atomic E-state index is -0.558. The van der Waals surface area contributed by atoms with Crippen molar-refractivity contribution >= 4 is 52.5 Å². The molecule has 0 atom stereocenters. The predicted molar refractivity (Wildman–Crippen MR) is 142 cm³/mol. The van der Waals surface area contributed by atoms with Crippen molar-refractivity contribution in [1.29, 1.82) is 0 Å². The molecule has 2 amide bonds. The second kappa shape index (κ2) is 11.0. The molecule has 2 N–H and O–H groups in total. The molecule has 1 aliphatic rings. The van der Waals surface area contributed by atoms with Crippen LogP contribution >= 0.6 is 23.5 Å². The van der Waals surface area contributed by atoms with Crippen molar-refractivity contribution in [2.24, 2.45) is 0 Å². The molecule has 0 aliphatic carbocycles. The van der Waals surface area contributed by atoms with Gasteiger partial charge in [-0.25, -0.2) is 13.8 Å². The van der Waals surface area contributed by atoms with Crippen LogP contribution in [-0.2, 0) is 4.79 Å². The van der Waals surface area contributed by atoms with E-state index in [1.54, 1.807) is 17.0 Å². The molecule has 0 radical (unpaired) electrons. The Morgan fingerprint density at radius 2 is 1.82 bits per heavy atom. The molecule has 5 rings (SSSR count). The van der Waals surface area contributed by atoms with Crippen LogP contribution in [0.25, 0.3) is 5.65 Å². The first kappa shape index (κ1) is 25.9. The molecule has 4 aromatic rings.